The number of H-pyrrole nitrogens is 2. The van der Waals surface area contributed by atoms with Gasteiger partial charge in [0.2, 0.25) is 0 Å². The summed E-state index contributed by atoms with van der Waals surface area (Å²) in [6.45, 7) is 2.31. The Bertz CT molecular complexity index is 1880. The Labute approximate surface area is 271 Å². The van der Waals surface area contributed by atoms with Gasteiger partial charge >= 0.3 is 6.18 Å². The molecule has 3 aromatic carbocycles. The van der Waals surface area contributed by atoms with Crippen LogP contribution in [0.3, 0.4) is 0 Å². The van der Waals surface area contributed by atoms with Gasteiger partial charge in [0.05, 0.1) is 10.5 Å². The molecule has 2 saturated heterocycles. The maximum absolute atomic E-state index is 12.9. The molecule has 12 heteroatoms. The Balaban J connectivity index is 0.000000191. The first-order valence-electron chi connectivity index (χ1n) is 15.9. The number of nitro groups is 1. The van der Waals surface area contributed by atoms with Crippen LogP contribution in [0.2, 0.25) is 0 Å². The van der Waals surface area contributed by atoms with Gasteiger partial charge in [-0.25, -0.2) is 0 Å². The molecule has 2 fully saturated rings. The fraction of sp³-hybridized carbons (Fsp3) is 0.371. The first-order valence-corrected chi connectivity index (χ1v) is 15.9. The summed E-state index contributed by atoms with van der Waals surface area (Å²) in [6, 6.07) is 15.2. The first-order chi connectivity index (χ1) is 22.5. The molecule has 0 aliphatic carbocycles. The monoisotopic (exact) mass is 647 g/mol. The van der Waals surface area contributed by atoms with Gasteiger partial charge in [0, 0.05) is 63.7 Å². The fourth-order valence-electron chi connectivity index (χ4n) is 6.89. The van der Waals surface area contributed by atoms with Gasteiger partial charge in [-0.15, -0.1) is 0 Å². The van der Waals surface area contributed by atoms with Crippen LogP contribution in [0, 0.1) is 10.1 Å². The molecular weight excluding hydrogens is 607 g/mol. The third kappa shape index (κ3) is 7.23. The second-order valence-electron chi connectivity index (χ2n) is 12.8. The summed E-state index contributed by atoms with van der Waals surface area (Å²) < 4.78 is 38.8. The number of nitrogens with two attached hydrogens (primary N) is 1. The van der Waals surface area contributed by atoms with E-state index in [-0.39, 0.29) is 5.69 Å². The Kier molecular flexibility index (Phi) is 9.16. The van der Waals surface area contributed by atoms with E-state index in [4.69, 9.17) is 5.73 Å². The van der Waals surface area contributed by atoms with Crippen LogP contribution in [-0.4, -0.2) is 64.0 Å². The van der Waals surface area contributed by atoms with Gasteiger partial charge in [-0.2, -0.15) is 13.2 Å². The normalized spacial score (nSPS) is 18.9. The number of benzene rings is 3. The standard InChI is InChI=1S/C21H21F3N4O2.C14H19N3/c1-27-8-2-3-16(27)9-13-12-25-18-7-5-15(11-17(13)18)26-19-6-4-14(21(22,23)24)10-20(19)28(29)30;1-17-6-2-3-12(17)7-10-9-16-14-5-4-11(15)8-13(10)14/h4-7,10-12,16,25-26H,2-3,8-9H2,1H3;4-5,8-9,12,16H,2-3,6-7,15H2,1H3/t;12-/m.1/s1. The molecule has 2 atom stereocenters. The van der Waals surface area contributed by atoms with Crippen LogP contribution in [-0.2, 0) is 19.0 Å². The molecule has 2 aromatic heterocycles. The molecule has 1 unspecified atom stereocenters. The number of anilines is 3. The predicted molar refractivity (Wildman–Crippen MR) is 181 cm³/mol. The second-order valence-corrected chi connectivity index (χ2v) is 12.8. The van der Waals surface area contributed by atoms with Crippen LogP contribution in [0.5, 0.6) is 0 Å². The van der Waals surface area contributed by atoms with Crippen molar-refractivity contribution in [3.8, 4) is 0 Å². The SMILES string of the molecule is CN1CCCC1Cc1c[nH]c2ccc(Nc3ccc(C(F)(F)F)cc3[N+](=O)[O-])cc12.CN1CCC[C@@H]1Cc1c[nH]c2ccc(N)cc12. The van der Waals surface area contributed by atoms with E-state index in [1.165, 1.54) is 42.3 Å². The highest BCUT2D eigenvalue weighted by Crippen LogP contribution is 2.37. The fourth-order valence-corrected chi connectivity index (χ4v) is 6.89. The number of hydrogen-bond donors (Lipinski definition) is 4. The summed E-state index contributed by atoms with van der Waals surface area (Å²) in [4.78, 5) is 21.9. The van der Waals surface area contributed by atoms with Crippen molar-refractivity contribution in [1.29, 1.82) is 0 Å². The minimum atomic E-state index is -4.64. The quantitative estimate of drug-likeness (QED) is 0.0811. The molecule has 47 heavy (non-hydrogen) atoms. The highest BCUT2D eigenvalue weighted by atomic mass is 19.4. The average molecular weight is 648 g/mol. The molecule has 0 bridgehead atoms. The number of alkyl halides is 3. The van der Waals surface area contributed by atoms with Gasteiger partial charge in [0.15, 0.2) is 0 Å². The van der Waals surface area contributed by atoms with Crippen molar-refractivity contribution in [2.45, 2.75) is 56.8 Å². The summed E-state index contributed by atoms with van der Waals surface area (Å²) >= 11 is 0. The lowest BCUT2D eigenvalue weighted by Gasteiger charge is -2.18. The van der Waals surface area contributed by atoms with E-state index in [1.807, 2.05) is 24.4 Å². The van der Waals surface area contributed by atoms with Crippen molar-refractivity contribution < 1.29 is 18.1 Å². The molecular formula is C35H40F3N7O2. The minimum absolute atomic E-state index is 0.0139. The first kappa shape index (κ1) is 32.4. The van der Waals surface area contributed by atoms with E-state index in [9.17, 15) is 23.3 Å². The van der Waals surface area contributed by atoms with Crippen molar-refractivity contribution in [2.75, 3.05) is 38.2 Å². The zero-order valence-electron chi connectivity index (χ0n) is 26.5. The summed E-state index contributed by atoms with van der Waals surface area (Å²) in [5.41, 5.74) is 10.3. The molecule has 248 valence electrons. The average Bonchev–Trinajstić information content (AvgIpc) is 3.83. The second kappa shape index (κ2) is 13.3. The van der Waals surface area contributed by atoms with Crippen LogP contribution in [0.4, 0.5) is 35.9 Å². The number of nitro benzene ring substituents is 1. The summed E-state index contributed by atoms with van der Waals surface area (Å²) in [5, 5.41) is 16.5. The molecule has 0 radical (unpaired) electrons. The number of likely N-dealkylation sites (N-methyl/N-ethyl adjacent to an activating group) is 2. The molecule has 5 N–H and O–H groups in total. The molecule has 4 heterocycles. The number of aromatic nitrogens is 2. The summed E-state index contributed by atoms with van der Waals surface area (Å²) in [5.74, 6) is 0. The van der Waals surface area contributed by atoms with E-state index in [2.05, 4.69) is 57.5 Å². The number of likely N-dealkylation sites (tertiary alicyclic amines) is 2. The lowest BCUT2D eigenvalue weighted by molar-refractivity contribution is -0.384. The molecule has 2 aliphatic heterocycles. The number of aromatic amines is 2. The van der Waals surface area contributed by atoms with E-state index < -0.39 is 22.4 Å². The van der Waals surface area contributed by atoms with Gasteiger partial charge in [-0.1, -0.05) is 0 Å². The predicted octanol–water partition coefficient (Wildman–Crippen LogP) is 7.86. The van der Waals surface area contributed by atoms with Crippen LogP contribution >= 0.6 is 0 Å². The number of fused-ring (bicyclic) bond motifs is 2. The zero-order valence-corrected chi connectivity index (χ0v) is 26.5. The van der Waals surface area contributed by atoms with Crippen LogP contribution in [0.1, 0.15) is 42.4 Å². The Morgan fingerprint density at radius 1 is 0.872 bits per heavy atom. The Morgan fingerprint density at radius 3 is 1.98 bits per heavy atom. The van der Waals surface area contributed by atoms with Crippen molar-refractivity contribution >= 4 is 44.6 Å². The smallest absolute Gasteiger partial charge is 0.399 e. The lowest BCUT2D eigenvalue weighted by Crippen LogP contribution is -2.26. The highest BCUT2D eigenvalue weighted by molar-refractivity contribution is 5.88. The minimum Gasteiger partial charge on any atom is -0.399 e. The third-order valence-corrected chi connectivity index (χ3v) is 9.61. The zero-order chi connectivity index (χ0) is 33.3. The van der Waals surface area contributed by atoms with Crippen molar-refractivity contribution in [3.63, 3.8) is 0 Å². The van der Waals surface area contributed by atoms with Crippen LogP contribution < -0.4 is 11.1 Å². The van der Waals surface area contributed by atoms with Gasteiger partial charge < -0.3 is 30.8 Å². The van der Waals surface area contributed by atoms with Crippen molar-refractivity contribution in [2.24, 2.45) is 0 Å². The molecule has 9 nitrogen and oxygen atoms in total. The third-order valence-electron chi connectivity index (χ3n) is 9.61. The van der Waals surface area contributed by atoms with E-state index >= 15 is 0 Å². The molecule has 2 aliphatic rings. The van der Waals surface area contributed by atoms with Gasteiger partial charge in [-0.3, -0.25) is 10.1 Å². The topological polar surface area (TPSA) is 119 Å². The highest BCUT2D eigenvalue weighted by Gasteiger charge is 2.33. The maximum atomic E-state index is 12.9. The number of rotatable bonds is 7. The van der Waals surface area contributed by atoms with E-state index in [0.29, 0.717) is 23.8 Å². The summed E-state index contributed by atoms with van der Waals surface area (Å²) in [7, 11) is 4.34. The largest absolute Gasteiger partial charge is 0.416 e. The molecule has 7 rings (SSSR count). The van der Waals surface area contributed by atoms with Gasteiger partial charge in [-0.05, 0) is 125 Å². The maximum Gasteiger partial charge on any atom is 0.416 e. The number of halogens is 3. The molecule has 5 aromatic rings. The van der Waals surface area contributed by atoms with Crippen LogP contribution in [0.25, 0.3) is 21.8 Å². The number of nitrogen functional groups attached to an aromatic ring is 1. The Hall–Kier alpha value is -4.55. The van der Waals surface area contributed by atoms with E-state index in [0.717, 1.165) is 60.1 Å². The Morgan fingerprint density at radius 2 is 1.45 bits per heavy atom. The molecule has 0 saturated carbocycles. The number of hydrogen-bond acceptors (Lipinski definition) is 6. The number of nitrogens with zero attached hydrogens (tertiary/aromatic N) is 3. The molecule has 0 spiro atoms. The van der Waals surface area contributed by atoms with Gasteiger partial charge in [0.1, 0.15) is 5.69 Å². The van der Waals surface area contributed by atoms with E-state index in [1.54, 1.807) is 6.07 Å². The summed E-state index contributed by atoms with van der Waals surface area (Å²) in [6.07, 6.45) is 6.43. The van der Waals surface area contributed by atoms with Crippen molar-refractivity contribution in [3.05, 3.63) is 93.8 Å². The van der Waals surface area contributed by atoms with Crippen molar-refractivity contribution in [1.82, 2.24) is 19.8 Å². The lowest BCUT2D eigenvalue weighted by atomic mass is 10.0. The molecule has 0 amide bonds. The van der Waals surface area contributed by atoms with Gasteiger partial charge in [0.25, 0.3) is 5.69 Å². The number of nitrogens with one attached hydrogen (secondary N) is 3. The van der Waals surface area contributed by atoms with Crippen LogP contribution in [0.15, 0.2) is 67.0 Å².